The van der Waals surface area contributed by atoms with Crippen molar-refractivity contribution in [1.82, 2.24) is 10.0 Å². The molecule has 0 aromatic heterocycles. The van der Waals surface area contributed by atoms with Crippen molar-refractivity contribution in [3.8, 4) is 18.2 Å². The molecule has 0 bridgehead atoms. The van der Waals surface area contributed by atoms with Gasteiger partial charge in [-0.3, -0.25) is 0 Å². The molecule has 2 N–H and O–H groups in total. The van der Waals surface area contributed by atoms with E-state index >= 15 is 0 Å². The zero-order chi connectivity index (χ0) is 15.4. The van der Waals surface area contributed by atoms with Gasteiger partial charge in [0, 0.05) is 14.1 Å². The summed E-state index contributed by atoms with van der Waals surface area (Å²) < 4.78 is 0. The lowest BCUT2D eigenvalue weighted by Gasteiger charge is -2.27. The summed E-state index contributed by atoms with van der Waals surface area (Å²) in [5.74, 6) is -0.401. The van der Waals surface area contributed by atoms with Crippen LogP contribution < -0.4 is 0 Å². The second-order valence-corrected chi connectivity index (χ2v) is 4.52. The Bertz CT molecular complexity index is 571. The van der Waals surface area contributed by atoms with E-state index in [2.05, 4.69) is 0 Å². The molecule has 0 saturated carbocycles. The molecule has 20 heavy (non-hydrogen) atoms. The van der Waals surface area contributed by atoms with Crippen LogP contribution in [0.3, 0.4) is 0 Å². The van der Waals surface area contributed by atoms with Gasteiger partial charge in [-0.25, -0.2) is 10.0 Å². The van der Waals surface area contributed by atoms with E-state index in [1.807, 2.05) is 6.07 Å². The number of hydrogen-bond donors (Lipinski definition) is 2. The van der Waals surface area contributed by atoms with E-state index in [1.54, 1.807) is 36.3 Å². The fourth-order valence-corrected chi connectivity index (χ4v) is 2.15. The van der Waals surface area contributed by atoms with Crippen LogP contribution in [0.25, 0.3) is 0 Å². The number of rotatable bonds is 2. The number of aliphatic hydroxyl groups excluding tert-OH is 2. The average Bonchev–Trinajstić information content (AvgIpc) is 2.75. The minimum Gasteiger partial charge on any atom is -0.510 e. The van der Waals surface area contributed by atoms with Crippen molar-refractivity contribution in [2.75, 3.05) is 14.1 Å². The largest absolute Gasteiger partial charge is 0.510 e. The van der Waals surface area contributed by atoms with E-state index in [0.29, 0.717) is 0 Å². The maximum atomic E-state index is 10.0. The zero-order valence-corrected chi connectivity index (χ0v) is 11.5. The molecule has 0 radical (unpaired) electrons. The van der Waals surface area contributed by atoms with E-state index in [9.17, 15) is 10.2 Å². The Labute approximate surface area is 117 Å². The minimum absolute atomic E-state index is 0.0763. The molecule has 0 spiro atoms. The van der Waals surface area contributed by atoms with E-state index in [-0.39, 0.29) is 29.1 Å². The molecule has 1 fully saturated rings. The molecule has 1 aliphatic heterocycles. The highest BCUT2D eigenvalue weighted by molar-refractivity contribution is 5.40. The third-order valence-electron chi connectivity index (χ3n) is 3.51. The van der Waals surface area contributed by atoms with Gasteiger partial charge in [0.15, 0.2) is 5.57 Å². The fraction of sp³-hybridized carbons (Fsp3) is 0.462. The second-order valence-electron chi connectivity index (χ2n) is 4.52. The van der Waals surface area contributed by atoms with Crippen molar-refractivity contribution in [2.24, 2.45) is 0 Å². The van der Waals surface area contributed by atoms with Crippen molar-refractivity contribution in [3.05, 3.63) is 22.7 Å². The fourth-order valence-electron chi connectivity index (χ4n) is 2.15. The zero-order valence-electron chi connectivity index (χ0n) is 11.5. The summed E-state index contributed by atoms with van der Waals surface area (Å²) in [6, 6.07) is 4.08. The van der Waals surface area contributed by atoms with Crippen LogP contribution >= 0.6 is 0 Å². The summed E-state index contributed by atoms with van der Waals surface area (Å²) in [7, 11) is 3.36. The van der Waals surface area contributed by atoms with Gasteiger partial charge in [-0.15, -0.1) is 0 Å². The number of likely N-dealkylation sites (N-methyl/N-ethyl adjacent to an activating group) is 2. The Morgan fingerprint density at radius 2 is 1.40 bits per heavy atom. The standard InChI is InChI=1S/C13H15N5O2/c1-8(5-14)12(19)10-4-11(18(3)17(10)2)13(20)9(6-15)7-16/h10-11,19-20H,4H2,1-3H3/b12-8+. The summed E-state index contributed by atoms with van der Waals surface area (Å²) >= 11 is 0. The SMILES string of the molecule is C/C(C#N)=C(\O)C1CC(C(O)=C(C#N)C#N)N(C)N1C. The average molecular weight is 273 g/mol. The van der Waals surface area contributed by atoms with Gasteiger partial charge in [0.05, 0.1) is 23.7 Å². The van der Waals surface area contributed by atoms with Gasteiger partial charge in [-0.05, 0) is 13.3 Å². The first-order valence-corrected chi connectivity index (χ1v) is 5.87. The maximum absolute atomic E-state index is 10.0. The monoisotopic (exact) mass is 273 g/mol. The topological polar surface area (TPSA) is 118 Å². The van der Waals surface area contributed by atoms with Gasteiger partial charge in [-0.2, -0.15) is 15.8 Å². The number of aliphatic hydroxyl groups is 2. The molecule has 1 aliphatic rings. The Morgan fingerprint density at radius 3 is 1.80 bits per heavy atom. The second kappa shape index (κ2) is 6.08. The van der Waals surface area contributed by atoms with Gasteiger partial charge >= 0.3 is 0 Å². The normalized spacial score (nSPS) is 24.2. The summed E-state index contributed by atoms with van der Waals surface area (Å²) in [6.07, 6.45) is 0.274. The molecule has 7 nitrogen and oxygen atoms in total. The highest BCUT2D eigenvalue weighted by Gasteiger charge is 2.40. The third-order valence-corrected chi connectivity index (χ3v) is 3.51. The van der Waals surface area contributed by atoms with Gasteiger partial charge in [0.25, 0.3) is 0 Å². The number of hydrazine groups is 1. The van der Waals surface area contributed by atoms with Crippen molar-refractivity contribution in [3.63, 3.8) is 0 Å². The molecule has 2 unspecified atom stereocenters. The van der Waals surface area contributed by atoms with Crippen molar-refractivity contribution in [1.29, 1.82) is 15.8 Å². The van der Waals surface area contributed by atoms with Crippen LogP contribution in [0.1, 0.15) is 13.3 Å². The third kappa shape index (κ3) is 2.57. The molecule has 1 rings (SSSR count). The number of hydrogen-bond acceptors (Lipinski definition) is 7. The summed E-state index contributed by atoms with van der Waals surface area (Å²) in [5.41, 5.74) is -0.156. The number of nitrogens with zero attached hydrogens (tertiary/aromatic N) is 5. The van der Waals surface area contributed by atoms with Crippen LogP contribution in [-0.2, 0) is 0 Å². The molecule has 2 atom stereocenters. The molecule has 104 valence electrons. The molecule has 7 heteroatoms. The first-order chi connectivity index (χ1) is 9.38. The van der Waals surface area contributed by atoms with Crippen LogP contribution in [0.4, 0.5) is 0 Å². The molecular formula is C13H15N5O2. The lowest BCUT2D eigenvalue weighted by Crippen LogP contribution is -2.39. The van der Waals surface area contributed by atoms with Crippen molar-refractivity contribution >= 4 is 0 Å². The van der Waals surface area contributed by atoms with Crippen LogP contribution in [0.15, 0.2) is 22.7 Å². The summed E-state index contributed by atoms with van der Waals surface area (Å²) in [4.78, 5) is 0. The molecule has 0 aromatic carbocycles. The lowest BCUT2D eigenvalue weighted by molar-refractivity contribution is 0.0241. The molecule has 1 saturated heterocycles. The Morgan fingerprint density at radius 1 is 0.950 bits per heavy atom. The van der Waals surface area contributed by atoms with E-state index in [1.165, 1.54) is 6.92 Å². The molecule has 0 aromatic rings. The van der Waals surface area contributed by atoms with Gasteiger partial charge in [0.2, 0.25) is 0 Å². The van der Waals surface area contributed by atoms with Gasteiger partial charge in [-0.1, -0.05) is 0 Å². The van der Waals surface area contributed by atoms with Gasteiger partial charge < -0.3 is 10.2 Å². The number of allylic oxidation sites excluding steroid dienone is 2. The predicted molar refractivity (Wildman–Crippen MR) is 69.5 cm³/mol. The highest BCUT2D eigenvalue weighted by Crippen LogP contribution is 2.31. The first-order valence-electron chi connectivity index (χ1n) is 5.87. The van der Waals surface area contributed by atoms with Gasteiger partial charge in [0.1, 0.15) is 23.7 Å². The van der Waals surface area contributed by atoms with Crippen molar-refractivity contribution < 1.29 is 10.2 Å². The number of nitriles is 3. The molecule has 0 amide bonds. The van der Waals surface area contributed by atoms with Crippen LogP contribution in [0.2, 0.25) is 0 Å². The minimum atomic E-state index is -0.590. The summed E-state index contributed by atoms with van der Waals surface area (Å²) in [5, 5.41) is 49.7. The Kier molecular flexibility index (Phi) is 4.72. The van der Waals surface area contributed by atoms with Crippen molar-refractivity contribution in [2.45, 2.75) is 25.4 Å². The van der Waals surface area contributed by atoms with E-state index in [4.69, 9.17) is 15.8 Å². The highest BCUT2D eigenvalue weighted by atomic mass is 16.3. The first kappa shape index (κ1) is 15.5. The Hall–Kier alpha value is -2.53. The smallest absolute Gasteiger partial charge is 0.168 e. The Balaban J connectivity index is 3.16. The van der Waals surface area contributed by atoms with Crippen LogP contribution in [0, 0.1) is 34.0 Å². The quantitative estimate of drug-likeness (QED) is 0.571. The lowest BCUT2D eigenvalue weighted by atomic mass is 10.0. The molecular weight excluding hydrogens is 258 g/mol. The van der Waals surface area contributed by atoms with E-state index < -0.39 is 12.1 Å². The van der Waals surface area contributed by atoms with Crippen LogP contribution in [0.5, 0.6) is 0 Å². The predicted octanol–water partition coefficient (Wildman–Crippen LogP) is 1.12. The molecule has 1 heterocycles. The maximum Gasteiger partial charge on any atom is 0.168 e. The van der Waals surface area contributed by atoms with E-state index in [0.717, 1.165) is 0 Å². The molecule has 0 aliphatic carbocycles. The summed E-state index contributed by atoms with van der Waals surface area (Å²) in [6.45, 7) is 1.50. The van der Waals surface area contributed by atoms with Crippen LogP contribution in [-0.4, -0.2) is 46.4 Å².